The van der Waals surface area contributed by atoms with E-state index in [4.69, 9.17) is 21.5 Å². The van der Waals surface area contributed by atoms with Crippen LogP contribution in [-0.2, 0) is 0 Å². The Kier molecular flexibility index (Phi) is 11.5. The summed E-state index contributed by atoms with van der Waals surface area (Å²) in [6, 6.07) is 100.0. The molecular formula is C77H46N8. The van der Waals surface area contributed by atoms with E-state index in [1.807, 2.05) is 72.8 Å². The van der Waals surface area contributed by atoms with Gasteiger partial charge in [0.1, 0.15) is 0 Å². The highest BCUT2D eigenvalue weighted by Gasteiger charge is 2.25. The SMILES string of the molecule is [C-]#[N+]c1cc(C#N)cc(-c2ccc3c(c2)c2ccccc2n3-c2c(-c3cccc(-n4c5ccccc5c5ccccc54)c3)cc(-c3nc(-c4ccccc4)nc(-c4ccccc4)n3)cc2-c2cccc(-n3c4ccccc4c4ccccc43)c2)c1. The van der Waals surface area contributed by atoms with Gasteiger partial charge in [-0.3, -0.25) is 0 Å². The lowest BCUT2D eigenvalue weighted by molar-refractivity contribution is 1.07. The summed E-state index contributed by atoms with van der Waals surface area (Å²) >= 11 is 0. The summed E-state index contributed by atoms with van der Waals surface area (Å²) < 4.78 is 7.18. The standard InChI is InChI=1S/C77H46N8/c1-79-57-41-49(48-78)40-55(42-57)52-38-39-73-67(45-52)64-32-12-17-37-72(64)85(73)74-65(53-24-18-26-58(43-53)83-68-33-13-8-28-60(68)61-29-9-14-34-69(61)83)46-56(77-81-75(50-20-4-2-5-21-50)80-76(82-77)51-22-6-3-7-23-51)47-66(74)54-25-19-27-59(44-54)84-70-35-15-10-30-62(70)63-31-11-16-36-71(63)84/h2-47H. The molecule has 0 aliphatic carbocycles. The van der Waals surface area contributed by atoms with Gasteiger partial charge in [-0.05, 0) is 119 Å². The molecule has 4 aromatic heterocycles. The summed E-state index contributed by atoms with van der Waals surface area (Å²) in [5.41, 5.74) is 18.5. The number of benzene rings is 12. The average Bonchev–Trinajstić information content (AvgIpc) is 2.18. The molecule has 0 N–H and O–H groups in total. The molecule has 0 radical (unpaired) electrons. The van der Waals surface area contributed by atoms with E-state index in [-0.39, 0.29) is 0 Å². The summed E-state index contributed by atoms with van der Waals surface area (Å²) in [6.45, 7) is 7.91. The fourth-order valence-electron chi connectivity index (χ4n) is 12.7. The first kappa shape index (κ1) is 48.9. The van der Waals surface area contributed by atoms with Gasteiger partial charge < -0.3 is 13.7 Å². The van der Waals surface area contributed by atoms with Crippen LogP contribution in [-0.4, -0.2) is 28.7 Å². The Balaban J connectivity index is 1.04. The van der Waals surface area contributed by atoms with Crippen molar-refractivity contribution in [3.05, 3.63) is 296 Å². The monoisotopic (exact) mass is 1080 g/mol. The van der Waals surface area contributed by atoms with Gasteiger partial charge in [-0.15, -0.1) is 0 Å². The zero-order valence-corrected chi connectivity index (χ0v) is 45.6. The lowest BCUT2D eigenvalue weighted by Gasteiger charge is -2.22. The van der Waals surface area contributed by atoms with Crippen LogP contribution in [0.15, 0.2) is 279 Å². The molecule has 0 aliphatic heterocycles. The smallest absolute Gasteiger partial charge is 0.189 e. The highest BCUT2D eigenvalue weighted by Crippen LogP contribution is 2.46. The number of para-hydroxylation sites is 5. The molecule has 16 rings (SSSR count). The minimum Gasteiger partial charge on any atom is -0.309 e. The highest BCUT2D eigenvalue weighted by atomic mass is 15.0. The van der Waals surface area contributed by atoms with E-state index in [1.54, 1.807) is 6.07 Å². The van der Waals surface area contributed by atoms with Crippen LogP contribution >= 0.6 is 0 Å². The van der Waals surface area contributed by atoms with Crippen LogP contribution in [0.1, 0.15) is 5.56 Å². The minimum atomic E-state index is 0.419. The molecule has 0 saturated carbocycles. The van der Waals surface area contributed by atoms with Gasteiger partial charge in [0.25, 0.3) is 0 Å². The van der Waals surface area contributed by atoms with Crippen LogP contribution in [0.4, 0.5) is 5.69 Å². The van der Waals surface area contributed by atoms with Crippen molar-refractivity contribution >= 4 is 71.1 Å². The predicted octanol–water partition coefficient (Wildman–Crippen LogP) is 19.6. The number of hydrogen-bond acceptors (Lipinski definition) is 4. The largest absolute Gasteiger partial charge is 0.309 e. The first-order valence-corrected chi connectivity index (χ1v) is 28.3. The van der Waals surface area contributed by atoms with Crippen LogP contribution in [0, 0.1) is 17.9 Å². The third-order valence-corrected chi connectivity index (χ3v) is 16.5. The molecule has 85 heavy (non-hydrogen) atoms. The molecule has 12 aromatic carbocycles. The van der Waals surface area contributed by atoms with Gasteiger partial charge in [0.2, 0.25) is 0 Å². The fourth-order valence-corrected chi connectivity index (χ4v) is 12.7. The molecule has 4 heterocycles. The maximum Gasteiger partial charge on any atom is 0.189 e. The van der Waals surface area contributed by atoms with Gasteiger partial charge >= 0.3 is 0 Å². The van der Waals surface area contributed by atoms with Gasteiger partial charge in [-0.2, -0.15) is 5.26 Å². The van der Waals surface area contributed by atoms with E-state index >= 15 is 0 Å². The Hall–Kier alpha value is -12.0. The molecule has 0 aliphatic rings. The minimum absolute atomic E-state index is 0.419. The van der Waals surface area contributed by atoms with Gasteiger partial charge in [0.05, 0.1) is 51.4 Å². The molecule has 0 unspecified atom stereocenters. The molecule has 0 atom stereocenters. The zero-order chi connectivity index (χ0) is 56.5. The number of nitrogens with zero attached hydrogens (tertiary/aromatic N) is 8. The number of aromatic nitrogens is 6. The lowest BCUT2D eigenvalue weighted by atomic mass is 9.92. The van der Waals surface area contributed by atoms with E-state index < -0.39 is 0 Å². The quantitative estimate of drug-likeness (QED) is 0.135. The van der Waals surface area contributed by atoms with Crippen molar-refractivity contribution in [2.24, 2.45) is 0 Å². The number of fused-ring (bicyclic) bond motifs is 9. The van der Waals surface area contributed by atoms with Crippen molar-refractivity contribution in [3.63, 3.8) is 0 Å². The third kappa shape index (κ3) is 8.16. The Morgan fingerprint density at radius 3 is 1.16 bits per heavy atom. The molecule has 394 valence electrons. The van der Waals surface area contributed by atoms with E-state index in [1.165, 1.54) is 21.5 Å². The van der Waals surface area contributed by atoms with E-state index in [0.717, 1.165) is 111 Å². The Bertz CT molecular complexity index is 5090. The molecule has 0 amide bonds. The second-order valence-corrected chi connectivity index (χ2v) is 21.4. The summed E-state index contributed by atoms with van der Waals surface area (Å²) in [7, 11) is 0. The van der Waals surface area contributed by atoms with Crippen molar-refractivity contribution in [1.29, 1.82) is 5.26 Å². The molecule has 0 bridgehead atoms. The van der Waals surface area contributed by atoms with Crippen LogP contribution < -0.4 is 0 Å². The molecule has 8 nitrogen and oxygen atoms in total. The first-order valence-electron chi connectivity index (χ1n) is 28.3. The molecule has 16 aromatic rings. The lowest BCUT2D eigenvalue weighted by Crippen LogP contribution is -2.05. The maximum absolute atomic E-state index is 10.1. The van der Waals surface area contributed by atoms with Crippen LogP contribution in [0.25, 0.3) is 155 Å². The van der Waals surface area contributed by atoms with Gasteiger partial charge in [0.15, 0.2) is 23.2 Å². The first-order chi connectivity index (χ1) is 42.0. The van der Waals surface area contributed by atoms with Crippen molar-refractivity contribution in [3.8, 4) is 90.7 Å². The van der Waals surface area contributed by atoms with Crippen LogP contribution in [0.5, 0.6) is 0 Å². The Morgan fingerprint density at radius 1 is 0.306 bits per heavy atom. The summed E-state index contributed by atoms with van der Waals surface area (Å²) in [5, 5.41) is 16.9. The fraction of sp³-hybridized carbons (Fsp3) is 0. The van der Waals surface area contributed by atoms with Crippen molar-refractivity contribution in [1.82, 2.24) is 28.7 Å². The zero-order valence-electron chi connectivity index (χ0n) is 45.6. The molecule has 0 spiro atoms. The van der Waals surface area contributed by atoms with Gasteiger partial charge in [-0.1, -0.05) is 182 Å². The normalized spacial score (nSPS) is 11.5. The Labute approximate surface area is 489 Å². The van der Waals surface area contributed by atoms with Crippen molar-refractivity contribution in [2.45, 2.75) is 0 Å². The second kappa shape index (κ2) is 19.9. The Morgan fingerprint density at radius 2 is 0.706 bits per heavy atom. The van der Waals surface area contributed by atoms with Crippen LogP contribution in [0.3, 0.4) is 0 Å². The summed E-state index contributed by atoms with van der Waals surface area (Å²) in [6.07, 6.45) is 0. The molecular weight excluding hydrogens is 1040 g/mol. The maximum atomic E-state index is 10.1. The van der Waals surface area contributed by atoms with Crippen molar-refractivity contribution in [2.75, 3.05) is 0 Å². The van der Waals surface area contributed by atoms with Crippen LogP contribution in [0.2, 0.25) is 0 Å². The van der Waals surface area contributed by atoms with E-state index in [9.17, 15) is 5.26 Å². The van der Waals surface area contributed by atoms with E-state index in [2.05, 4.69) is 225 Å². The van der Waals surface area contributed by atoms with Gasteiger partial charge in [0, 0.05) is 77.1 Å². The summed E-state index contributed by atoms with van der Waals surface area (Å²) in [4.78, 5) is 19.7. The van der Waals surface area contributed by atoms with E-state index in [0.29, 0.717) is 28.7 Å². The van der Waals surface area contributed by atoms with Crippen molar-refractivity contribution < 1.29 is 0 Å². The van der Waals surface area contributed by atoms with Gasteiger partial charge in [-0.25, -0.2) is 19.8 Å². The number of rotatable bonds is 9. The molecule has 0 fully saturated rings. The number of hydrogen-bond donors (Lipinski definition) is 0. The average molecular weight is 1080 g/mol. The highest BCUT2D eigenvalue weighted by molar-refractivity contribution is 6.13. The topological polar surface area (TPSA) is 81.6 Å². The third-order valence-electron chi connectivity index (χ3n) is 16.5. The predicted molar refractivity (Wildman–Crippen MR) is 346 cm³/mol. The number of nitriles is 1. The molecule has 8 heteroatoms. The summed E-state index contributed by atoms with van der Waals surface area (Å²) in [5.74, 6) is 1.67. The molecule has 0 saturated heterocycles. The second-order valence-electron chi connectivity index (χ2n) is 21.4.